The van der Waals surface area contributed by atoms with Gasteiger partial charge in [-0.2, -0.15) is 0 Å². The fraction of sp³-hybridized carbons (Fsp3) is 0.500. The lowest BCUT2D eigenvalue weighted by molar-refractivity contribution is -0.142. The van der Waals surface area contributed by atoms with Crippen molar-refractivity contribution in [3.8, 4) is 0 Å². The zero-order valence-corrected chi connectivity index (χ0v) is 15.1. The van der Waals surface area contributed by atoms with E-state index in [1.807, 2.05) is 13.8 Å². The van der Waals surface area contributed by atoms with Crippen molar-refractivity contribution in [2.24, 2.45) is 17.8 Å². The fourth-order valence-electron chi connectivity index (χ4n) is 3.00. The monoisotopic (exact) mass is 366 g/mol. The van der Waals surface area contributed by atoms with Crippen LogP contribution in [0.5, 0.6) is 0 Å². The van der Waals surface area contributed by atoms with Crippen LogP contribution in [0.2, 0.25) is 5.02 Å². The number of benzene rings is 1. The van der Waals surface area contributed by atoms with E-state index in [0.29, 0.717) is 17.1 Å². The van der Waals surface area contributed by atoms with E-state index < -0.39 is 17.8 Å². The molecular formula is C18H23ClN2O4. The van der Waals surface area contributed by atoms with Crippen LogP contribution in [0.1, 0.15) is 26.7 Å². The number of carbonyl (C=O) groups is 3. The lowest BCUT2D eigenvalue weighted by Gasteiger charge is -2.19. The lowest BCUT2D eigenvalue weighted by Crippen LogP contribution is -2.38. The van der Waals surface area contributed by atoms with E-state index >= 15 is 0 Å². The summed E-state index contributed by atoms with van der Waals surface area (Å²) in [5.74, 6) is -2.28. The minimum absolute atomic E-state index is 0.0725. The predicted molar refractivity (Wildman–Crippen MR) is 95.5 cm³/mol. The molecule has 2 N–H and O–H groups in total. The molecule has 2 amide bonds. The Morgan fingerprint density at radius 3 is 2.64 bits per heavy atom. The summed E-state index contributed by atoms with van der Waals surface area (Å²) in [6.45, 7) is 4.20. The van der Waals surface area contributed by atoms with Gasteiger partial charge in [0.15, 0.2) is 0 Å². The average molecular weight is 367 g/mol. The minimum Gasteiger partial charge on any atom is -0.481 e. The Morgan fingerprint density at radius 1 is 1.36 bits per heavy atom. The summed E-state index contributed by atoms with van der Waals surface area (Å²) < 4.78 is 0. The van der Waals surface area contributed by atoms with Crippen molar-refractivity contribution in [2.45, 2.75) is 26.7 Å². The highest BCUT2D eigenvalue weighted by atomic mass is 35.5. The number of nitrogens with zero attached hydrogens (tertiary/aromatic N) is 1. The molecule has 0 radical (unpaired) electrons. The van der Waals surface area contributed by atoms with Crippen LogP contribution < -0.4 is 10.2 Å². The third kappa shape index (κ3) is 4.95. The number of carboxylic acid groups (broad SMARTS) is 1. The van der Waals surface area contributed by atoms with Crippen molar-refractivity contribution in [1.82, 2.24) is 5.32 Å². The van der Waals surface area contributed by atoms with Crippen LogP contribution in [-0.2, 0) is 14.4 Å². The van der Waals surface area contributed by atoms with E-state index in [-0.39, 0.29) is 37.2 Å². The molecule has 7 heteroatoms. The maximum Gasteiger partial charge on any atom is 0.308 e. The molecule has 2 atom stereocenters. The van der Waals surface area contributed by atoms with E-state index in [1.165, 1.54) is 4.90 Å². The van der Waals surface area contributed by atoms with E-state index in [2.05, 4.69) is 5.32 Å². The van der Waals surface area contributed by atoms with E-state index in [0.717, 1.165) is 0 Å². The summed E-state index contributed by atoms with van der Waals surface area (Å²) in [5, 5.41) is 12.4. The van der Waals surface area contributed by atoms with Crippen LogP contribution >= 0.6 is 11.6 Å². The first-order chi connectivity index (χ1) is 11.8. The van der Waals surface area contributed by atoms with Crippen LogP contribution in [0.3, 0.4) is 0 Å². The minimum atomic E-state index is -0.922. The van der Waals surface area contributed by atoms with Gasteiger partial charge in [-0.1, -0.05) is 37.6 Å². The van der Waals surface area contributed by atoms with Gasteiger partial charge in [-0.05, 0) is 24.5 Å². The van der Waals surface area contributed by atoms with Crippen LogP contribution in [0.15, 0.2) is 24.3 Å². The second kappa shape index (κ2) is 8.34. The molecular weight excluding hydrogens is 344 g/mol. The number of rotatable bonds is 7. The Morgan fingerprint density at radius 2 is 2.04 bits per heavy atom. The fourth-order valence-corrected chi connectivity index (χ4v) is 3.23. The Labute approximate surface area is 152 Å². The summed E-state index contributed by atoms with van der Waals surface area (Å²) in [6, 6.07) is 6.99. The Balaban J connectivity index is 1.96. The van der Waals surface area contributed by atoms with Gasteiger partial charge >= 0.3 is 5.97 Å². The summed E-state index contributed by atoms with van der Waals surface area (Å²) in [5.41, 5.74) is 0.590. The lowest BCUT2D eigenvalue weighted by atomic mass is 9.97. The highest BCUT2D eigenvalue weighted by molar-refractivity contribution is 6.33. The molecule has 0 aromatic heterocycles. The maximum absolute atomic E-state index is 12.3. The van der Waals surface area contributed by atoms with Gasteiger partial charge < -0.3 is 15.3 Å². The summed E-state index contributed by atoms with van der Waals surface area (Å²) in [7, 11) is 0. The molecule has 0 aliphatic carbocycles. The van der Waals surface area contributed by atoms with E-state index in [1.54, 1.807) is 24.3 Å². The third-order valence-corrected chi connectivity index (χ3v) is 4.59. The van der Waals surface area contributed by atoms with Gasteiger partial charge in [0.25, 0.3) is 0 Å². The molecule has 1 aromatic rings. The first-order valence-electron chi connectivity index (χ1n) is 8.35. The number of amides is 2. The Kier molecular flexibility index (Phi) is 6.42. The van der Waals surface area contributed by atoms with Gasteiger partial charge in [-0.3, -0.25) is 14.4 Å². The normalized spacial score (nSPS) is 18.5. The molecule has 1 heterocycles. The number of carbonyl (C=O) groups excluding carboxylic acids is 2. The van der Waals surface area contributed by atoms with Gasteiger partial charge in [-0.15, -0.1) is 0 Å². The molecule has 2 rings (SSSR count). The maximum atomic E-state index is 12.3. The van der Waals surface area contributed by atoms with Crippen LogP contribution in [-0.4, -0.2) is 36.0 Å². The van der Waals surface area contributed by atoms with Gasteiger partial charge in [0.05, 0.1) is 22.5 Å². The SMILES string of the molecule is CC(C)CC(CNC(=O)C1CC(=O)N(c2ccccc2Cl)C1)C(=O)O. The van der Waals surface area contributed by atoms with Gasteiger partial charge in [0.2, 0.25) is 11.8 Å². The number of hydrogen-bond donors (Lipinski definition) is 2. The van der Waals surface area contributed by atoms with E-state index in [9.17, 15) is 19.5 Å². The zero-order valence-electron chi connectivity index (χ0n) is 14.4. The first kappa shape index (κ1) is 19.2. The summed E-state index contributed by atoms with van der Waals surface area (Å²) in [4.78, 5) is 37.4. The van der Waals surface area contributed by atoms with Crippen molar-refractivity contribution in [3.05, 3.63) is 29.3 Å². The summed E-state index contributed by atoms with van der Waals surface area (Å²) >= 11 is 6.12. The van der Waals surface area contributed by atoms with Crippen molar-refractivity contribution < 1.29 is 19.5 Å². The van der Waals surface area contributed by atoms with E-state index in [4.69, 9.17) is 11.6 Å². The number of halogens is 1. The van der Waals surface area contributed by atoms with Crippen LogP contribution in [0, 0.1) is 17.8 Å². The standard InChI is InChI=1S/C18H23ClN2O4/c1-11(2)7-12(18(24)25)9-20-17(23)13-8-16(22)21(10-13)15-6-4-3-5-14(15)19/h3-6,11-13H,7-10H2,1-2H3,(H,20,23)(H,24,25). The van der Waals surface area contributed by atoms with Crippen LogP contribution in [0.25, 0.3) is 0 Å². The van der Waals surface area contributed by atoms with Crippen molar-refractivity contribution >= 4 is 35.1 Å². The smallest absolute Gasteiger partial charge is 0.308 e. The highest BCUT2D eigenvalue weighted by Gasteiger charge is 2.36. The van der Waals surface area contributed by atoms with Crippen molar-refractivity contribution in [3.63, 3.8) is 0 Å². The topological polar surface area (TPSA) is 86.7 Å². The zero-order chi connectivity index (χ0) is 18.6. The molecule has 1 aliphatic rings. The number of carboxylic acids is 1. The quantitative estimate of drug-likeness (QED) is 0.776. The molecule has 1 aliphatic heterocycles. The highest BCUT2D eigenvalue weighted by Crippen LogP contribution is 2.31. The number of hydrogen-bond acceptors (Lipinski definition) is 3. The number of anilines is 1. The van der Waals surface area contributed by atoms with Gasteiger partial charge in [0, 0.05) is 19.5 Å². The molecule has 1 saturated heterocycles. The molecule has 1 fully saturated rings. The Bertz CT molecular complexity index is 662. The number of nitrogens with one attached hydrogen (secondary N) is 1. The molecule has 1 aromatic carbocycles. The number of aliphatic carboxylic acids is 1. The van der Waals surface area contributed by atoms with Gasteiger partial charge in [0.1, 0.15) is 0 Å². The van der Waals surface area contributed by atoms with Gasteiger partial charge in [-0.25, -0.2) is 0 Å². The average Bonchev–Trinajstić information content (AvgIpc) is 2.93. The Hall–Kier alpha value is -2.08. The second-order valence-corrected chi connectivity index (χ2v) is 7.17. The first-order valence-corrected chi connectivity index (χ1v) is 8.72. The predicted octanol–water partition coefficient (Wildman–Crippen LogP) is 2.56. The molecule has 136 valence electrons. The molecule has 25 heavy (non-hydrogen) atoms. The second-order valence-electron chi connectivity index (χ2n) is 6.77. The third-order valence-electron chi connectivity index (χ3n) is 4.27. The molecule has 0 spiro atoms. The largest absolute Gasteiger partial charge is 0.481 e. The van der Waals surface area contributed by atoms with Crippen molar-refractivity contribution in [1.29, 1.82) is 0 Å². The summed E-state index contributed by atoms with van der Waals surface area (Å²) in [6.07, 6.45) is 0.587. The number of para-hydroxylation sites is 1. The molecule has 0 saturated carbocycles. The van der Waals surface area contributed by atoms with Crippen LogP contribution in [0.4, 0.5) is 5.69 Å². The molecule has 0 bridgehead atoms. The van der Waals surface area contributed by atoms with Crippen molar-refractivity contribution in [2.75, 3.05) is 18.0 Å². The molecule has 6 nitrogen and oxygen atoms in total. The molecule has 2 unspecified atom stereocenters.